The predicted octanol–water partition coefficient (Wildman–Crippen LogP) is 2.51. The summed E-state index contributed by atoms with van der Waals surface area (Å²) < 4.78 is 0. The van der Waals surface area contributed by atoms with Gasteiger partial charge in [-0.2, -0.15) is 0 Å². The largest absolute Gasteiger partial charge is 0.311 e. The molecule has 1 aromatic heterocycles. The van der Waals surface area contributed by atoms with Gasteiger partial charge >= 0.3 is 0 Å². The van der Waals surface area contributed by atoms with Gasteiger partial charge in [0.15, 0.2) is 0 Å². The number of nitrogens with zero attached hydrogens (tertiary/aromatic N) is 2. The lowest BCUT2D eigenvalue weighted by atomic mass is 10.1. The summed E-state index contributed by atoms with van der Waals surface area (Å²) >= 11 is 0. The van der Waals surface area contributed by atoms with Crippen molar-refractivity contribution >= 4 is 17.4 Å². The number of hydrogen-bond acceptors (Lipinski definition) is 4. The number of pyridine rings is 1. The Balaban J connectivity index is 2.35. The van der Waals surface area contributed by atoms with Crippen molar-refractivity contribution in [3.8, 4) is 0 Å². The minimum absolute atomic E-state index is 0.0887. The SMILES string of the molecule is CCc1cc(C(=O)N(C)c2cccc(C)c2)cc(NN)n1. The minimum Gasteiger partial charge on any atom is -0.311 e. The third-order valence-corrected chi connectivity index (χ3v) is 3.33. The van der Waals surface area contributed by atoms with Gasteiger partial charge in [-0.05, 0) is 43.2 Å². The fourth-order valence-electron chi connectivity index (χ4n) is 2.11. The molecule has 0 aliphatic heterocycles. The monoisotopic (exact) mass is 284 g/mol. The highest BCUT2D eigenvalue weighted by Crippen LogP contribution is 2.19. The Bertz CT molecular complexity index is 632. The minimum atomic E-state index is -0.0887. The van der Waals surface area contributed by atoms with Crippen molar-refractivity contribution in [2.24, 2.45) is 5.84 Å². The number of carbonyl (C=O) groups is 1. The third-order valence-electron chi connectivity index (χ3n) is 3.33. The molecule has 0 saturated heterocycles. The molecule has 5 heteroatoms. The van der Waals surface area contributed by atoms with E-state index in [4.69, 9.17) is 5.84 Å². The maximum atomic E-state index is 12.6. The molecular formula is C16H20N4O. The van der Waals surface area contributed by atoms with E-state index >= 15 is 0 Å². The predicted molar refractivity (Wildman–Crippen MR) is 85.3 cm³/mol. The third kappa shape index (κ3) is 3.38. The van der Waals surface area contributed by atoms with Crippen LogP contribution in [0.1, 0.15) is 28.5 Å². The first-order valence-corrected chi connectivity index (χ1v) is 6.87. The summed E-state index contributed by atoms with van der Waals surface area (Å²) in [6.45, 7) is 3.99. The van der Waals surface area contributed by atoms with Crippen molar-refractivity contribution in [1.29, 1.82) is 0 Å². The van der Waals surface area contributed by atoms with Crippen molar-refractivity contribution in [2.45, 2.75) is 20.3 Å². The summed E-state index contributed by atoms with van der Waals surface area (Å²) in [4.78, 5) is 18.5. The molecule has 0 aliphatic rings. The van der Waals surface area contributed by atoms with Crippen LogP contribution >= 0.6 is 0 Å². The summed E-state index contributed by atoms with van der Waals surface area (Å²) in [5, 5.41) is 0. The smallest absolute Gasteiger partial charge is 0.258 e. The zero-order chi connectivity index (χ0) is 15.4. The van der Waals surface area contributed by atoms with Crippen LogP contribution in [0.4, 0.5) is 11.5 Å². The molecule has 0 bridgehead atoms. The van der Waals surface area contributed by atoms with Crippen LogP contribution in [0.2, 0.25) is 0 Å². The fourth-order valence-corrected chi connectivity index (χ4v) is 2.11. The summed E-state index contributed by atoms with van der Waals surface area (Å²) in [5.41, 5.74) is 5.87. The molecule has 0 aliphatic carbocycles. The molecule has 0 fully saturated rings. The van der Waals surface area contributed by atoms with Crippen LogP contribution in [-0.4, -0.2) is 17.9 Å². The summed E-state index contributed by atoms with van der Waals surface area (Å²) in [6.07, 6.45) is 0.740. The Labute approximate surface area is 124 Å². The number of amides is 1. The van der Waals surface area contributed by atoms with Gasteiger partial charge < -0.3 is 10.3 Å². The van der Waals surface area contributed by atoms with E-state index in [1.165, 1.54) is 0 Å². The Hall–Kier alpha value is -2.40. The normalized spacial score (nSPS) is 10.3. The van der Waals surface area contributed by atoms with E-state index in [-0.39, 0.29) is 5.91 Å². The standard InChI is InChI=1S/C16H20N4O/c1-4-13-9-12(10-15(18-13)19-17)16(21)20(3)14-7-5-6-11(2)8-14/h5-10H,4,17H2,1-3H3,(H,18,19). The van der Waals surface area contributed by atoms with Crippen molar-refractivity contribution < 1.29 is 4.79 Å². The second-order valence-corrected chi connectivity index (χ2v) is 4.93. The van der Waals surface area contributed by atoms with E-state index < -0.39 is 0 Å². The number of nitrogens with two attached hydrogens (primary N) is 1. The number of aromatic nitrogens is 1. The molecule has 1 heterocycles. The van der Waals surface area contributed by atoms with Gasteiger partial charge in [-0.25, -0.2) is 10.8 Å². The average Bonchev–Trinajstić information content (AvgIpc) is 2.52. The first-order chi connectivity index (χ1) is 10.0. The molecule has 0 atom stereocenters. The molecule has 21 heavy (non-hydrogen) atoms. The number of nitrogen functional groups attached to an aromatic ring is 1. The lowest BCUT2D eigenvalue weighted by Gasteiger charge is -2.18. The number of nitrogens with one attached hydrogen (secondary N) is 1. The van der Waals surface area contributed by atoms with Gasteiger partial charge in [-0.3, -0.25) is 4.79 Å². The molecule has 0 unspecified atom stereocenters. The topological polar surface area (TPSA) is 71.2 Å². The molecule has 1 aromatic carbocycles. The Morgan fingerprint density at radius 1 is 1.33 bits per heavy atom. The molecule has 0 spiro atoms. The molecule has 2 aromatic rings. The Kier molecular flexibility index (Phi) is 4.55. The lowest BCUT2D eigenvalue weighted by molar-refractivity contribution is 0.0993. The summed E-state index contributed by atoms with van der Waals surface area (Å²) in [6, 6.07) is 11.3. The van der Waals surface area contributed by atoms with Crippen LogP contribution < -0.4 is 16.2 Å². The van der Waals surface area contributed by atoms with E-state index in [0.29, 0.717) is 11.4 Å². The number of hydrazine groups is 1. The van der Waals surface area contributed by atoms with Crippen LogP contribution in [-0.2, 0) is 6.42 Å². The van der Waals surface area contributed by atoms with Crippen LogP contribution in [0, 0.1) is 6.92 Å². The van der Waals surface area contributed by atoms with Crippen LogP contribution in [0.5, 0.6) is 0 Å². The van der Waals surface area contributed by atoms with E-state index in [0.717, 1.165) is 23.4 Å². The van der Waals surface area contributed by atoms with E-state index in [9.17, 15) is 4.79 Å². The molecule has 5 nitrogen and oxygen atoms in total. The number of aryl methyl sites for hydroxylation is 2. The molecular weight excluding hydrogens is 264 g/mol. The number of carbonyl (C=O) groups excluding carboxylic acids is 1. The molecule has 0 saturated carbocycles. The van der Waals surface area contributed by atoms with Crippen molar-refractivity contribution in [3.05, 3.63) is 53.2 Å². The van der Waals surface area contributed by atoms with Gasteiger partial charge in [0.25, 0.3) is 5.91 Å². The molecule has 0 radical (unpaired) electrons. The van der Waals surface area contributed by atoms with Gasteiger partial charge in [-0.1, -0.05) is 19.1 Å². The van der Waals surface area contributed by atoms with E-state index in [1.807, 2.05) is 38.1 Å². The van der Waals surface area contributed by atoms with E-state index in [2.05, 4.69) is 10.4 Å². The van der Waals surface area contributed by atoms with Gasteiger partial charge in [0.1, 0.15) is 5.82 Å². The summed E-state index contributed by atoms with van der Waals surface area (Å²) in [7, 11) is 1.76. The maximum Gasteiger partial charge on any atom is 0.258 e. The second-order valence-electron chi connectivity index (χ2n) is 4.93. The molecule has 2 rings (SSSR count). The van der Waals surface area contributed by atoms with Gasteiger partial charge in [0.05, 0.1) is 0 Å². The maximum absolute atomic E-state index is 12.6. The second kappa shape index (κ2) is 6.37. The number of anilines is 2. The Morgan fingerprint density at radius 2 is 2.10 bits per heavy atom. The molecule has 110 valence electrons. The quantitative estimate of drug-likeness (QED) is 0.668. The highest BCUT2D eigenvalue weighted by molar-refractivity contribution is 6.06. The number of hydrogen-bond donors (Lipinski definition) is 2. The number of rotatable bonds is 4. The van der Waals surface area contributed by atoms with Crippen LogP contribution in [0.3, 0.4) is 0 Å². The van der Waals surface area contributed by atoms with Crippen LogP contribution in [0.25, 0.3) is 0 Å². The summed E-state index contributed by atoms with van der Waals surface area (Å²) in [5.74, 6) is 5.82. The van der Waals surface area contributed by atoms with Crippen LogP contribution in [0.15, 0.2) is 36.4 Å². The van der Waals surface area contributed by atoms with Gasteiger partial charge in [0.2, 0.25) is 0 Å². The molecule has 1 amide bonds. The zero-order valence-electron chi connectivity index (χ0n) is 12.6. The van der Waals surface area contributed by atoms with E-state index in [1.54, 1.807) is 24.1 Å². The first kappa shape index (κ1) is 15.0. The number of benzene rings is 1. The van der Waals surface area contributed by atoms with Crippen molar-refractivity contribution in [2.75, 3.05) is 17.4 Å². The Morgan fingerprint density at radius 3 is 2.71 bits per heavy atom. The van der Waals surface area contributed by atoms with Crippen molar-refractivity contribution in [3.63, 3.8) is 0 Å². The fraction of sp³-hybridized carbons (Fsp3) is 0.250. The first-order valence-electron chi connectivity index (χ1n) is 6.87. The lowest BCUT2D eigenvalue weighted by Crippen LogP contribution is -2.26. The van der Waals surface area contributed by atoms with Gasteiger partial charge in [-0.15, -0.1) is 0 Å². The van der Waals surface area contributed by atoms with Gasteiger partial charge in [0, 0.05) is 24.0 Å². The average molecular weight is 284 g/mol. The highest BCUT2D eigenvalue weighted by atomic mass is 16.2. The zero-order valence-corrected chi connectivity index (χ0v) is 12.6. The highest BCUT2D eigenvalue weighted by Gasteiger charge is 2.15. The van der Waals surface area contributed by atoms with Crippen molar-refractivity contribution in [1.82, 2.24) is 4.98 Å². The molecule has 3 N–H and O–H groups in total.